The zero-order valence-corrected chi connectivity index (χ0v) is 20.5. The monoisotopic (exact) mass is 539 g/mol. The Kier molecular flexibility index (Phi) is 8.96. The van der Waals surface area contributed by atoms with E-state index in [4.69, 9.17) is 14.2 Å². The minimum absolute atomic E-state index is 0.214. The number of carbonyl (C=O) groups excluding carboxylic acids is 3. The number of esters is 1. The second-order valence-electron chi connectivity index (χ2n) is 6.91. The van der Waals surface area contributed by atoms with Crippen LogP contribution in [0.3, 0.4) is 0 Å². The molecular weight excluding hydrogens is 518 g/mol. The topological polar surface area (TPSA) is 115 Å². The van der Waals surface area contributed by atoms with Gasteiger partial charge in [0.1, 0.15) is 17.2 Å². The number of halogens is 1. The third-order valence-corrected chi connectivity index (χ3v) is 4.97. The molecule has 180 valence electrons. The smallest absolute Gasteiger partial charge is 0.343 e. The number of ether oxygens (including phenoxy) is 3. The highest BCUT2D eigenvalue weighted by Gasteiger charge is 2.14. The summed E-state index contributed by atoms with van der Waals surface area (Å²) in [5.74, 6) is -1.08. The number of rotatable bonds is 8. The molecule has 0 aliphatic rings. The maximum atomic E-state index is 12.6. The van der Waals surface area contributed by atoms with Crippen molar-refractivity contribution in [3.8, 4) is 17.2 Å². The minimum Gasteiger partial charge on any atom is -0.497 e. The molecule has 2 N–H and O–H groups in total. The maximum absolute atomic E-state index is 12.6. The number of anilines is 1. The zero-order chi connectivity index (χ0) is 25.2. The van der Waals surface area contributed by atoms with Crippen LogP contribution in [0.15, 0.2) is 76.3 Å². The van der Waals surface area contributed by atoms with Gasteiger partial charge in [0.05, 0.1) is 25.5 Å². The fraction of sp³-hybridized carbons (Fsp3) is 0.120. The molecular formula is C25H22BrN3O6. The normalized spacial score (nSPS) is 10.5. The molecule has 2 amide bonds. The van der Waals surface area contributed by atoms with Gasteiger partial charge in [-0.15, -0.1) is 0 Å². The highest BCUT2D eigenvalue weighted by atomic mass is 79.9. The van der Waals surface area contributed by atoms with E-state index in [0.29, 0.717) is 39.4 Å². The molecule has 10 heteroatoms. The summed E-state index contributed by atoms with van der Waals surface area (Å²) in [5.41, 5.74) is 3.27. The summed E-state index contributed by atoms with van der Waals surface area (Å²) in [4.78, 5) is 36.8. The van der Waals surface area contributed by atoms with Crippen molar-refractivity contribution in [2.75, 3.05) is 19.0 Å². The van der Waals surface area contributed by atoms with Crippen LogP contribution in [-0.4, -0.2) is 37.7 Å². The molecule has 0 bridgehead atoms. The Bertz CT molecular complexity index is 1240. The third kappa shape index (κ3) is 7.41. The molecule has 35 heavy (non-hydrogen) atoms. The van der Waals surface area contributed by atoms with Crippen LogP contribution in [0.4, 0.5) is 5.69 Å². The lowest BCUT2D eigenvalue weighted by molar-refractivity contribution is -0.136. The number of hydrogen-bond donors (Lipinski definition) is 2. The molecule has 0 heterocycles. The molecule has 0 spiro atoms. The predicted octanol–water partition coefficient (Wildman–Crippen LogP) is 4.16. The third-order valence-electron chi connectivity index (χ3n) is 4.48. The van der Waals surface area contributed by atoms with Crippen LogP contribution in [0.5, 0.6) is 17.2 Å². The summed E-state index contributed by atoms with van der Waals surface area (Å²) in [6.07, 6.45) is 1.27. The van der Waals surface area contributed by atoms with Gasteiger partial charge in [0.25, 0.3) is 0 Å². The SMILES string of the molecule is CCOc1ccc(C(=O)Oc2ccc(Br)cc2/C=N\NC(=O)C(=O)Nc2cccc(OC)c2)cc1. The van der Waals surface area contributed by atoms with Gasteiger partial charge in [-0.3, -0.25) is 9.59 Å². The fourth-order valence-corrected chi connectivity index (χ4v) is 3.20. The lowest BCUT2D eigenvalue weighted by Gasteiger charge is -2.09. The van der Waals surface area contributed by atoms with E-state index >= 15 is 0 Å². The first-order valence-electron chi connectivity index (χ1n) is 10.4. The average molecular weight is 540 g/mol. The van der Waals surface area contributed by atoms with Gasteiger partial charge < -0.3 is 19.5 Å². The molecule has 3 aromatic rings. The summed E-state index contributed by atoms with van der Waals surface area (Å²) in [5, 5.41) is 6.26. The number of hydrazone groups is 1. The summed E-state index contributed by atoms with van der Waals surface area (Å²) in [6, 6.07) is 18.0. The van der Waals surface area contributed by atoms with Crippen molar-refractivity contribution in [1.82, 2.24) is 5.43 Å². The average Bonchev–Trinajstić information content (AvgIpc) is 2.86. The van der Waals surface area contributed by atoms with Gasteiger partial charge in [-0.2, -0.15) is 5.10 Å². The van der Waals surface area contributed by atoms with Gasteiger partial charge in [-0.1, -0.05) is 22.0 Å². The molecule has 0 saturated carbocycles. The number of methoxy groups -OCH3 is 1. The van der Waals surface area contributed by atoms with Crippen LogP contribution in [0.25, 0.3) is 0 Å². The van der Waals surface area contributed by atoms with E-state index in [-0.39, 0.29) is 5.75 Å². The lowest BCUT2D eigenvalue weighted by Crippen LogP contribution is -2.32. The lowest BCUT2D eigenvalue weighted by atomic mass is 10.2. The summed E-state index contributed by atoms with van der Waals surface area (Å²) in [7, 11) is 1.49. The van der Waals surface area contributed by atoms with Gasteiger partial charge in [-0.05, 0) is 61.5 Å². The summed E-state index contributed by atoms with van der Waals surface area (Å²) in [6.45, 7) is 2.39. The van der Waals surface area contributed by atoms with Gasteiger partial charge >= 0.3 is 17.8 Å². The molecule has 0 radical (unpaired) electrons. The van der Waals surface area contributed by atoms with Crippen molar-refractivity contribution in [3.63, 3.8) is 0 Å². The first-order chi connectivity index (χ1) is 16.9. The molecule has 0 aromatic heterocycles. The number of amides is 2. The van der Waals surface area contributed by atoms with E-state index in [9.17, 15) is 14.4 Å². The predicted molar refractivity (Wildman–Crippen MR) is 134 cm³/mol. The molecule has 3 aromatic carbocycles. The first kappa shape index (κ1) is 25.4. The molecule has 9 nitrogen and oxygen atoms in total. The molecule has 0 fully saturated rings. The zero-order valence-electron chi connectivity index (χ0n) is 18.9. The number of carbonyl (C=O) groups is 3. The number of nitrogens with zero attached hydrogens (tertiary/aromatic N) is 1. The second kappa shape index (κ2) is 12.3. The number of benzene rings is 3. The first-order valence-corrected chi connectivity index (χ1v) is 11.2. The molecule has 0 saturated heterocycles. The standard InChI is InChI=1S/C25H22BrN3O6/c1-3-34-20-10-7-16(8-11-20)25(32)35-22-12-9-18(26)13-17(22)15-27-29-24(31)23(30)28-19-5-4-6-21(14-19)33-2/h4-15H,3H2,1-2H3,(H,28,30)(H,29,31)/b27-15-. The molecule has 0 aliphatic heterocycles. The van der Waals surface area contributed by atoms with Gasteiger partial charge in [0.2, 0.25) is 0 Å². The Balaban J connectivity index is 1.64. The number of nitrogens with one attached hydrogen (secondary N) is 2. The Morgan fingerprint density at radius 2 is 1.74 bits per heavy atom. The largest absolute Gasteiger partial charge is 0.497 e. The molecule has 0 atom stereocenters. The quantitative estimate of drug-likeness (QED) is 0.146. The van der Waals surface area contributed by atoms with Crippen molar-refractivity contribution in [2.24, 2.45) is 5.10 Å². The van der Waals surface area contributed by atoms with Gasteiger partial charge in [0.15, 0.2) is 0 Å². The van der Waals surface area contributed by atoms with Crippen LogP contribution in [0.1, 0.15) is 22.8 Å². The van der Waals surface area contributed by atoms with Gasteiger partial charge in [-0.25, -0.2) is 10.2 Å². The maximum Gasteiger partial charge on any atom is 0.343 e. The number of hydrogen-bond acceptors (Lipinski definition) is 7. The van der Waals surface area contributed by atoms with Crippen LogP contribution in [0, 0.1) is 0 Å². The Morgan fingerprint density at radius 1 is 0.971 bits per heavy atom. The van der Waals surface area contributed by atoms with E-state index in [1.54, 1.807) is 66.7 Å². The van der Waals surface area contributed by atoms with Crippen molar-refractivity contribution >= 4 is 45.6 Å². The Labute approximate surface area is 210 Å². The second-order valence-corrected chi connectivity index (χ2v) is 7.83. The van der Waals surface area contributed by atoms with E-state index in [1.165, 1.54) is 13.3 Å². The van der Waals surface area contributed by atoms with Crippen molar-refractivity contribution in [1.29, 1.82) is 0 Å². The van der Waals surface area contributed by atoms with E-state index in [2.05, 4.69) is 31.8 Å². The Morgan fingerprint density at radius 3 is 2.46 bits per heavy atom. The van der Waals surface area contributed by atoms with E-state index < -0.39 is 17.8 Å². The van der Waals surface area contributed by atoms with Crippen molar-refractivity contribution < 1.29 is 28.6 Å². The van der Waals surface area contributed by atoms with Crippen LogP contribution in [-0.2, 0) is 9.59 Å². The summed E-state index contributed by atoms with van der Waals surface area (Å²) < 4.78 is 16.6. The van der Waals surface area contributed by atoms with Crippen LogP contribution < -0.4 is 25.0 Å². The summed E-state index contributed by atoms with van der Waals surface area (Å²) >= 11 is 3.35. The minimum atomic E-state index is -0.980. The molecule has 3 rings (SSSR count). The molecule has 0 aliphatic carbocycles. The van der Waals surface area contributed by atoms with E-state index in [1.807, 2.05) is 6.92 Å². The highest BCUT2D eigenvalue weighted by Crippen LogP contribution is 2.23. The van der Waals surface area contributed by atoms with E-state index in [0.717, 1.165) is 0 Å². The van der Waals surface area contributed by atoms with Crippen LogP contribution in [0.2, 0.25) is 0 Å². The van der Waals surface area contributed by atoms with Crippen molar-refractivity contribution in [2.45, 2.75) is 6.92 Å². The van der Waals surface area contributed by atoms with Crippen molar-refractivity contribution in [3.05, 3.63) is 82.3 Å². The Hall–Kier alpha value is -4.18. The van der Waals surface area contributed by atoms with Crippen LogP contribution >= 0.6 is 15.9 Å². The highest BCUT2D eigenvalue weighted by molar-refractivity contribution is 9.10. The molecule has 0 unspecified atom stereocenters. The fourth-order valence-electron chi connectivity index (χ4n) is 2.83. The van der Waals surface area contributed by atoms with Gasteiger partial charge in [0, 0.05) is 21.8 Å².